The van der Waals surface area contributed by atoms with Gasteiger partial charge in [0.2, 0.25) is 0 Å². The van der Waals surface area contributed by atoms with Crippen LogP contribution in [-0.4, -0.2) is 36.2 Å². The molecule has 0 aliphatic heterocycles. The summed E-state index contributed by atoms with van der Waals surface area (Å²) in [5, 5.41) is 14.4. The molecule has 0 aliphatic rings. The Bertz CT molecular complexity index is 1460. The number of nitriles is 1. The number of aromatic nitrogens is 6. The molecule has 3 aromatic heterocycles. The van der Waals surface area contributed by atoms with Crippen LogP contribution in [0.25, 0.3) is 0 Å². The van der Waals surface area contributed by atoms with Crippen molar-refractivity contribution in [3.05, 3.63) is 47.6 Å². The van der Waals surface area contributed by atoms with E-state index in [-0.39, 0.29) is 17.1 Å². The Balaban J connectivity index is 0.00000265. The number of alkyl halides is 18. The third kappa shape index (κ3) is 8.73. The molecule has 0 saturated heterocycles. The fourth-order valence-electron chi connectivity index (χ4n) is 3.67. The van der Waals surface area contributed by atoms with Crippen molar-refractivity contribution in [2.24, 2.45) is 0 Å². The first-order chi connectivity index (χ1) is 20.3. The summed E-state index contributed by atoms with van der Waals surface area (Å²) < 4.78 is 237. The second kappa shape index (κ2) is 13.7. The Morgan fingerprint density at radius 2 is 0.660 bits per heavy atom. The molecule has 0 fully saturated rings. The predicted molar refractivity (Wildman–Crippen MR) is 124 cm³/mol. The van der Waals surface area contributed by atoms with E-state index >= 15 is 0 Å². The molecular weight excluding hydrogens is 958 g/mol. The summed E-state index contributed by atoms with van der Waals surface area (Å²) >= 11 is 5.44. The van der Waals surface area contributed by atoms with Gasteiger partial charge in [-0.15, -0.1) is 0 Å². The third-order valence-electron chi connectivity index (χ3n) is 5.10. The van der Waals surface area contributed by atoms with Crippen LogP contribution < -0.4 is 0 Å². The molecule has 0 radical (unpaired) electrons. The molecule has 0 N–H and O–H groups in total. The standard InChI is InChI=1S/C15HBBr3F18N6.C2H3N.Cu/c17-1-4(10(20,21)22)38-41(7(1)13(29,30)31)16(42-8(14(32,33)34)2(18)5(39-42)11(23,24)25)43-9(15(35,36)37)3(19)6(40-43)12(26,27)28;1-2-3;/h16H;1H3;/q-1;;+1. The molecule has 3 rings (SSSR count). The number of hydrogen-bond donors (Lipinski definition) is 0. The van der Waals surface area contributed by atoms with E-state index in [0.29, 0.717) is 0 Å². The minimum atomic E-state index is -6.22. The van der Waals surface area contributed by atoms with Crippen molar-refractivity contribution >= 4 is 54.9 Å². The van der Waals surface area contributed by atoms with Crippen molar-refractivity contribution in [3.63, 3.8) is 0 Å². The predicted octanol–water partition coefficient (Wildman–Crippen LogP) is 8.87. The Hall–Kier alpha value is -2.12. The van der Waals surface area contributed by atoms with Crippen LogP contribution in [0.2, 0.25) is 0 Å². The van der Waals surface area contributed by atoms with Crippen LogP contribution in [0.5, 0.6) is 0 Å². The number of halogens is 21. The molecule has 0 aliphatic carbocycles. The molecule has 0 amide bonds. The average molecular weight is 962 g/mol. The van der Waals surface area contributed by atoms with E-state index < -0.39 is 106 Å². The molecule has 30 heteroatoms. The van der Waals surface area contributed by atoms with Crippen molar-refractivity contribution in [2.75, 3.05) is 0 Å². The maximum atomic E-state index is 14.0. The van der Waals surface area contributed by atoms with Crippen LogP contribution in [0, 0.1) is 11.3 Å². The fraction of sp³-hybridized carbons (Fsp3) is 0.412. The summed E-state index contributed by atoms with van der Waals surface area (Å²) in [6.07, 6.45) is -36.6. The van der Waals surface area contributed by atoms with E-state index in [4.69, 9.17) is 5.26 Å². The number of nitrogens with zero attached hydrogens (tertiary/aromatic N) is 7. The molecule has 3 heterocycles. The van der Waals surface area contributed by atoms with Crippen LogP contribution >= 0.6 is 47.8 Å². The van der Waals surface area contributed by atoms with Gasteiger partial charge >= 0.3 is 61.2 Å². The molecular formula is C17H4BBr3CuF18N7. The monoisotopic (exact) mass is 959 g/mol. The fourth-order valence-corrected chi connectivity index (χ4v) is 5.87. The zero-order valence-electron chi connectivity index (χ0n) is 21.1. The van der Waals surface area contributed by atoms with Gasteiger partial charge in [0.15, 0.2) is 17.1 Å². The van der Waals surface area contributed by atoms with Crippen molar-refractivity contribution in [2.45, 2.75) is 44.0 Å². The first-order valence-electron chi connectivity index (χ1n) is 10.6. The Labute approximate surface area is 282 Å². The maximum Gasteiger partial charge on any atom is 1.00 e. The van der Waals surface area contributed by atoms with E-state index in [2.05, 4.69) is 15.3 Å². The van der Waals surface area contributed by atoms with Gasteiger partial charge < -0.3 is 13.8 Å². The number of rotatable bonds is 3. The summed E-state index contributed by atoms with van der Waals surface area (Å²) in [6.45, 7) is 1.43. The minimum Gasteiger partial charge on any atom is -0.391 e. The normalized spacial score (nSPS) is 13.3. The van der Waals surface area contributed by atoms with Crippen molar-refractivity contribution < 1.29 is 96.1 Å². The Morgan fingerprint density at radius 3 is 0.787 bits per heavy atom. The molecule has 0 atom stereocenters. The SMILES string of the molecule is CC#N.FC(F)(F)c1nn([BH-](n2nc(C(F)(F)F)c(Br)c2C(F)(F)F)n2nc(C(F)(F)F)c(Br)c2C(F)(F)F)c(C(F)(F)F)c1Br.[Cu+]. The molecule has 0 bridgehead atoms. The molecule has 3 aromatic rings. The van der Waals surface area contributed by atoms with Crippen LogP contribution in [-0.2, 0) is 54.1 Å². The molecule has 47 heavy (non-hydrogen) atoms. The topological polar surface area (TPSA) is 77.2 Å². The van der Waals surface area contributed by atoms with Gasteiger partial charge in [0.05, 0.1) is 19.5 Å². The van der Waals surface area contributed by atoms with Crippen molar-refractivity contribution in [1.82, 2.24) is 29.1 Å². The van der Waals surface area contributed by atoms with Crippen molar-refractivity contribution in [1.29, 1.82) is 5.26 Å². The largest absolute Gasteiger partial charge is 1.00 e. The molecule has 7 nitrogen and oxygen atoms in total. The molecule has 0 spiro atoms. The molecule has 0 saturated carbocycles. The first kappa shape index (κ1) is 42.9. The van der Waals surface area contributed by atoms with Gasteiger partial charge in [-0.1, -0.05) is 0 Å². The van der Waals surface area contributed by atoms with Crippen LogP contribution in [0.1, 0.15) is 41.1 Å². The van der Waals surface area contributed by atoms with Gasteiger partial charge in [0.1, 0.15) is 17.1 Å². The first-order valence-corrected chi connectivity index (χ1v) is 13.0. The zero-order chi connectivity index (χ0) is 36.3. The zero-order valence-corrected chi connectivity index (χ0v) is 26.8. The van der Waals surface area contributed by atoms with Crippen LogP contribution in [0.15, 0.2) is 13.4 Å². The van der Waals surface area contributed by atoms with E-state index in [9.17, 15) is 79.0 Å². The van der Waals surface area contributed by atoms with Gasteiger partial charge in [-0.05, 0) is 47.8 Å². The minimum absolute atomic E-state index is 0. The van der Waals surface area contributed by atoms with Crippen molar-refractivity contribution in [3.8, 4) is 6.07 Å². The van der Waals surface area contributed by atoms with E-state index in [1.54, 1.807) is 6.07 Å². The molecule has 0 unspecified atom stereocenters. The van der Waals surface area contributed by atoms with E-state index in [1.165, 1.54) is 6.92 Å². The second-order valence-corrected chi connectivity index (χ2v) is 10.5. The van der Waals surface area contributed by atoms with Gasteiger partial charge in [-0.3, -0.25) is 0 Å². The summed E-state index contributed by atoms with van der Waals surface area (Å²) in [6, 6.07) is 1.75. The van der Waals surface area contributed by atoms with Gasteiger partial charge in [-0.2, -0.15) is 84.3 Å². The quantitative estimate of drug-likeness (QED) is 0.194. The third-order valence-corrected chi connectivity index (χ3v) is 7.35. The smallest absolute Gasteiger partial charge is 0.391 e. The maximum absolute atomic E-state index is 14.0. The number of hydrogen-bond acceptors (Lipinski definition) is 4. The summed E-state index contributed by atoms with van der Waals surface area (Å²) in [5.74, 6) is 0. The van der Waals surface area contributed by atoms with Crippen LogP contribution in [0.3, 0.4) is 0 Å². The van der Waals surface area contributed by atoms with Gasteiger partial charge in [0, 0.05) is 6.92 Å². The van der Waals surface area contributed by atoms with E-state index in [0.717, 1.165) is 0 Å². The van der Waals surface area contributed by atoms with E-state index in [1.807, 2.05) is 47.8 Å². The van der Waals surface area contributed by atoms with Gasteiger partial charge in [0.25, 0.3) is 0 Å². The Morgan fingerprint density at radius 1 is 0.489 bits per heavy atom. The average Bonchev–Trinajstić information content (AvgIpc) is 3.44. The summed E-state index contributed by atoms with van der Waals surface area (Å²) in [5.41, 5.74) is -16.7. The Kier molecular flexibility index (Phi) is 12.5. The molecule has 268 valence electrons. The molecule has 0 aromatic carbocycles. The van der Waals surface area contributed by atoms with Crippen LogP contribution in [0.4, 0.5) is 79.0 Å². The summed E-state index contributed by atoms with van der Waals surface area (Å²) in [4.78, 5) is 0. The van der Waals surface area contributed by atoms with Gasteiger partial charge in [-0.25, -0.2) is 15.3 Å². The summed E-state index contributed by atoms with van der Waals surface area (Å²) in [7, 11) is -5.45. The second-order valence-electron chi connectivity index (χ2n) is 8.17.